The number of unbranched alkanes of at least 4 members (excludes halogenated alkanes) is 15. The maximum atomic E-state index is 12.4. The average molecular weight is 556 g/mol. The first kappa shape index (κ1) is 30.4. The van der Waals surface area contributed by atoms with E-state index >= 15 is 0 Å². The lowest BCUT2D eigenvalue weighted by molar-refractivity contribution is 0.104. The number of hydrogen-bond acceptors (Lipinski definition) is 2. The SMILES string of the molecule is CCCCCCCCCCCCCCCCCCOc1ccc(C(=O)C=Cc2ccc(Br)cc2)cc1. The lowest BCUT2D eigenvalue weighted by atomic mass is 10.0. The van der Waals surface area contributed by atoms with E-state index in [9.17, 15) is 4.79 Å². The molecule has 0 saturated carbocycles. The molecule has 0 N–H and O–H groups in total. The summed E-state index contributed by atoms with van der Waals surface area (Å²) in [5.74, 6) is 0.840. The van der Waals surface area contributed by atoms with Crippen molar-refractivity contribution < 1.29 is 9.53 Å². The van der Waals surface area contributed by atoms with E-state index in [-0.39, 0.29) is 5.78 Å². The Kier molecular flexibility index (Phi) is 17.0. The first-order valence-electron chi connectivity index (χ1n) is 14.4. The van der Waals surface area contributed by atoms with Crippen LogP contribution >= 0.6 is 15.9 Å². The Morgan fingerprint density at radius 3 is 1.64 bits per heavy atom. The van der Waals surface area contributed by atoms with Gasteiger partial charge in [-0.25, -0.2) is 0 Å². The van der Waals surface area contributed by atoms with Crippen LogP contribution in [0, 0.1) is 0 Å². The lowest BCUT2D eigenvalue weighted by Crippen LogP contribution is -1.99. The minimum atomic E-state index is 0.00211. The molecule has 2 rings (SSSR count). The fourth-order valence-corrected chi connectivity index (χ4v) is 4.66. The topological polar surface area (TPSA) is 26.3 Å². The Bertz CT molecular complexity index is 839. The minimum absolute atomic E-state index is 0.00211. The average Bonchev–Trinajstić information content (AvgIpc) is 2.90. The molecule has 0 aromatic heterocycles. The number of ketones is 1. The third kappa shape index (κ3) is 14.6. The van der Waals surface area contributed by atoms with Gasteiger partial charge in [-0.05, 0) is 54.5 Å². The van der Waals surface area contributed by atoms with Crippen LogP contribution in [0.25, 0.3) is 6.08 Å². The first-order chi connectivity index (χ1) is 17.7. The van der Waals surface area contributed by atoms with Crippen molar-refractivity contribution in [1.29, 1.82) is 0 Å². The fraction of sp³-hybridized carbons (Fsp3) is 0.545. The number of halogens is 1. The van der Waals surface area contributed by atoms with E-state index in [0.29, 0.717) is 5.56 Å². The number of benzene rings is 2. The van der Waals surface area contributed by atoms with Crippen molar-refractivity contribution in [2.75, 3.05) is 6.61 Å². The summed E-state index contributed by atoms with van der Waals surface area (Å²) in [6, 6.07) is 15.4. The molecule has 0 fully saturated rings. The maximum Gasteiger partial charge on any atom is 0.185 e. The monoisotopic (exact) mass is 554 g/mol. The molecule has 2 aromatic carbocycles. The Morgan fingerprint density at radius 2 is 1.14 bits per heavy atom. The van der Waals surface area contributed by atoms with Gasteiger partial charge in [0.05, 0.1) is 6.61 Å². The van der Waals surface area contributed by atoms with Gasteiger partial charge in [0.1, 0.15) is 5.75 Å². The van der Waals surface area contributed by atoms with Gasteiger partial charge < -0.3 is 4.74 Å². The van der Waals surface area contributed by atoms with Crippen molar-refractivity contribution in [1.82, 2.24) is 0 Å². The van der Waals surface area contributed by atoms with Crippen LogP contribution in [0.5, 0.6) is 5.75 Å². The van der Waals surface area contributed by atoms with Crippen LogP contribution in [-0.2, 0) is 0 Å². The van der Waals surface area contributed by atoms with Crippen LogP contribution in [0.15, 0.2) is 59.1 Å². The highest BCUT2D eigenvalue weighted by atomic mass is 79.9. The summed E-state index contributed by atoms with van der Waals surface area (Å²) >= 11 is 3.42. The fourth-order valence-electron chi connectivity index (χ4n) is 4.40. The van der Waals surface area contributed by atoms with E-state index in [0.717, 1.165) is 28.8 Å². The molecule has 2 aromatic rings. The van der Waals surface area contributed by atoms with Gasteiger partial charge in [-0.15, -0.1) is 0 Å². The Labute approximate surface area is 229 Å². The predicted octanol–water partition coefficient (Wildman–Crippen LogP) is 11.0. The summed E-state index contributed by atoms with van der Waals surface area (Å²) in [4.78, 5) is 12.4. The predicted molar refractivity (Wildman–Crippen MR) is 159 cm³/mol. The molecule has 2 nitrogen and oxygen atoms in total. The number of allylic oxidation sites excluding steroid dienone is 1. The molecule has 198 valence electrons. The number of carbonyl (C=O) groups is 1. The summed E-state index contributed by atoms with van der Waals surface area (Å²) in [6.45, 7) is 3.03. The highest BCUT2D eigenvalue weighted by molar-refractivity contribution is 9.10. The van der Waals surface area contributed by atoms with Gasteiger partial charge in [-0.1, -0.05) is 137 Å². The Morgan fingerprint density at radius 1 is 0.667 bits per heavy atom. The van der Waals surface area contributed by atoms with E-state index in [1.807, 2.05) is 54.6 Å². The minimum Gasteiger partial charge on any atom is -0.494 e. The van der Waals surface area contributed by atoms with E-state index in [1.165, 1.54) is 96.3 Å². The van der Waals surface area contributed by atoms with E-state index < -0.39 is 0 Å². The molecule has 0 spiro atoms. The number of ether oxygens (including phenoxy) is 1. The van der Waals surface area contributed by atoms with Crippen molar-refractivity contribution >= 4 is 27.8 Å². The molecule has 0 aliphatic rings. The van der Waals surface area contributed by atoms with Crippen LogP contribution in [0.1, 0.15) is 126 Å². The van der Waals surface area contributed by atoms with Gasteiger partial charge in [0.25, 0.3) is 0 Å². The van der Waals surface area contributed by atoms with Crippen molar-refractivity contribution in [2.45, 2.75) is 110 Å². The van der Waals surface area contributed by atoms with E-state index in [4.69, 9.17) is 4.74 Å². The molecule has 0 aliphatic carbocycles. The van der Waals surface area contributed by atoms with Crippen LogP contribution in [0.3, 0.4) is 0 Å². The van der Waals surface area contributed by atoms with Gasteiger partial charge in [-0.3, -0.25) is 4.79 Å². The molecular weight excluding hydrogens is 508 g/mol. The zero-order valence-corrected chi connectivity index (χ0v) is 24.1. The second-order valence-corrected chi connectivity index (χ2v) is 10.8. The molecule has 0 aliphatic heterocycles. The van der Waals surface area contributed by atoms with Crippen molar-refractivity contribution in [3.8, 4) is 5.75 Å². The molecule has 0 unspecified atom stereocenters. The van der Waals surface area contributed by atoms with Gasteiger partial charge in [0, 0.05) is 10.0 Å². The molecule has 3 heteroatoms. The van der Waals surface area contributed by atoms with Crippen LogP contribution < -0.4 is 4.74 Å². The molecule has 0 atom stereocenters. The Hall–Kier alpha value is -1.87. The molecule has 0 radical (unpaired) electrons. The van der Waals surface area contributed by atoms with Gasteiger partial charge in [0.15, 0.2) is 5.78 Å². The second kappa shape index (κ2) is 20.2. The van der Waals surface area contributed by atoms with Crippen molar-refractivity contribution in [3.63, 3.8) is 0 Å². The van der Waals surface area contributed by atoms with Crippen LogP contribution in [0.2, 0.25) is 0 Å². The highest BCUT2D eigenvalue weighted by Gasteiger charge is 2.03. The molecule has 36 heavy (non-hydrogen) atoms. The lowest BCUT2D eigenvalue weighted by Gasteiger charge is -2.07. The quantitative estimate of drug-likeness (QED) is 0.0870. The zero-order chi connectivity index (χ0) is 25.7. The van der Waals surface area contributed by atoms with Crippen LogP contribution in [-0.4, -0.2) is 12.4 Å². The Balaban J connectivity index is 1.43. The van der Waals surface area contributed by atoms with Crippen LogP contribution in [0.4, 0.5) is 0 Å². The van der Waals surface area contributed by atoms with Gasteiger partial charge in [0.2, 0.25) is 0 Å². The summed E-state index contributed by atoms with van der Waals surface area (Å²) in [5.41, 5.74) is 1.68. The van der Waals surface area contributed by atoms with Crippen molar-refractivity contribution in [2.24, 2.45) is 0 Å². The van der Waals surface area contributed by atoms with Crippen molar-refractivity contribution in [3.05, 3.63) is 70.2 Å². The third-order valence-corrected chi connectivity index (χ3v) is 7.23. The standard InChI is InChI=1S/C33H47BrO2/c1-2-3-4-5-6-7-8-9-10-11-12-13-14-15-16-17-28-36-32-25-21-30(22-26-32)33(35)27-20-29-18-23-31(34)24-19-29/h18-27H,2-17,28H2,1H3. The summed E-state index contributed by atoms with van der Waals surface area (Å²) in [5, 5.41) is 0. The van der Waals surface area contributed by atoms with Gasteiger partial charge in [-0.2, -0.15) is 0 Å². The van der Waals surface area contributed by atoms with Gasteiger partial charge >= 0.3 is 0 Å². The van der Waals surface area contributed by atoms with E-state index in [2.05, 4.69) is 22.9 Å². The second-order valence-electron chi connectivity index (χ2n) is 9.93. The third-order valence-electron chi connectivity index (χ3n) is 6.70. The smallest absolute Gasteiger partial charge is 0.185 e. The summed E-state index contributed by atoms with van der Waals surface area (Å²) in [6.07, 6.45) is 25.5. The molecular formula is C33H47BrO2. The largest absolute Gasteiger partial charge is 0.494 e. The van der Waals surface area contributed by atoms with E-state index in [1.54, 1.807) is 6.08 Å². The normalized spacial score (nSPS) is 11.3. The zero-order valence-electron chi connectivity index (χ0n) is 22.5. The number of carbonyl (C=O) groups excluding carboxylic acids is 1. The summed E-state index contributed by atoms with van der Waals surface area (Å²) in [7, 11) is 0. The molecule has 0 bridgehead atoms. The summed E-state index contributed by atoms with van der Waals surface area (Å²) < 4.78 is 6.90. The number of hydrogen-bond donors (Lipinski definition) is 0. The molecule has 0 amide bonds. The maximum absolute atomic E-state index is 12.4. The highest BCUT2D eigenvalue weighted by Crippen LogP contribution is 2.17. The molecule has 0 saturated heterocycles. The molecule has 0 heterocycles. The first-order valence-corrected chi connectivity index (χ1v) is 15.2. The number of rotatable bonds is 21.